The minimum Gasteiger partial charge on any atom is -0.493 e. The number of hydrogen-bond donors (Lipinski definition) is 2. The molecular formula is C38H64O11. The van der Waals surface area contributed by atoms with Crippen LogP contribution in [0, 0.1) is 5.41 Å². The molecule has 3 aliphatic heterocycles. The molecule has 0 aromatic carbocycles. The second-order valence-electron chi connectivity index (χ2n) is 13.3. The van der Waals surface area contributed by atoms with E-state index in [1.165, 1.54) is 13.2 Å². The van der Waals surface area contributed by atoms with Crippen LogP contribution >= 0.6 is 0 Å². The summed E-state index contributed by atoms with van der Waals surface area (Å²) in [6.45, 7) is 15.1. The number of aliphatic hydroxyl groups excluding tert-OH is 1. The summed E-state index contributed by atoms with van der Waals surface area (Å²) in [6.07, 6.45) is 10.2. The highest BCUT2D eigenvalue weighted by atomic mass is 16.7. The summed E-state index contributed by atoms with van der Waals surface area (Å²) in [5.41, 5.74) is -0.852. The number of methoxy groups -OCH3 is 1. The predicted molar refractivity (Wildman–Crippen MR) is 186 cm³/mol. The van der Waals surface area contributed by atoms with E-state index in [1.54, 1.807) is 26.0 Å². The predicted octanol–water partition coefficient (Wildman–Crippen LogP) is 6.45. The topological polar surface area (TPSA) is 139 Å². The first kappa shape index (κ1) is 42.9. The Kier molecular flexibility index (Phi) is 19.7. The maximum absolute atomic E-state index is 13.2. The highest BCUT2D eigenvalue weighted by molar-refractivity contribution is 5.83. The number of aliphatic hydroxyl groups is 2. The Morgan fingerprint density at radius 2 is 1.80 bits per heavy atom. The summed E-state index contributed by atoms with van der Waals surface area (Å²) in [5.74, 6) is -2.75. The lowest BCUT2D eigenvalue weighted by Crippen LogP contribution is -2.62. The van der Waals surface area contributed by atoms with Crippen LogP contribution in [0.1, 0.15) is 118 Å². The van der Waals surface area contributed by atoms with Crippen molar-refractivity contribution in [3.05, 3.63) is 36.1 Å². The summed E-state index contributed by atoms with van der Waals surface area (Å²) < 4.78 is 41.3. The lowest BCUT2D eigenvalue weighted by Gasteiger charge is -2.51. The Balaban J connectivity index is 0.00000409. The minimum atomic E-state index is -2.14. The zero-order valence-corrected chi connectivity index (χ0v) is 30.9. The first-order valence-corrected chi connectivity index (χ1v) is 18.4. The first-order valence-electron chi connectivity index (χ1n) is 18.4. The Morgan fingerprint density at radius 1 is 1.06 bits per heavy atom. The van der Waals surface area contributed by atoms with Crippen LogP contribution in [0.25, 0.3) is 0 Å². The van der Waals surface area contributed by atoms with Crippen LogP contribution in [0.4, 0.5) is 0 Å². The largest absolute Gasteiger partial charge is 0.493 e. The van der Waals surface area contributed by atoms with Crippen molar-refractivity contribution in [1.82, 2.24) is 0 Å². The molecule has 49 heavy (non-hydrogen) atoms. The quantitative estimate of drug-likeness (QED) is 0.119. The monoisotopic (exact) mass is 696 g/mol. The molecule has 11 heteroatoms. The fourth-order valence-electron chi connectivity index (χ4n) is 6.12. The average molecular weight is 697 g/mol. The summed E-state index contributed by atoms with van der Waals surface area (Å²) in [5, 5.41) is 22.8. The van der Waals surface area contributed by atoms with Crippen molar-refractivity contribution in [2.45, 2.75) is 155 Å². The van der Waals surface area contributed by atoms with Gasteiger partial charge in [-0.1, -0.05) is 73.0 Å². The summed E-state index contributed by atoms with van der Waals surface area (Å²) >= 11 is 0. The lowest BCUT2D eigenvalue weighted by molar-refractivity contribution is -0.327. The number of carbonyl (C=O) groups is 2. The smallest absolute Gasteiger partial charge is 0.330 e. The van der Waals surface area contributed by atoms with E-state index >= 15 is 0 Å². The molecule has 3 rings (SSSR count). The van der Waals surface area contributed by atoms with Crippen LogP contribution in [-0.2, 0) is 42.7 Å². The number of carbonyl (C=O) groups excluding carboxylic acids is 2. The SMILES string of the molecule is C=C1CCCCOCC[C@@H]2CCO[C@H](/C=C/C(C)(C)[C@]3(O)O[C@@H](C/C(=C\C(=O)OC)[C@@H]3OC(=O)CCCCCCC)C[C@H](CO)O1)O2.CC. The molecule has 11 nitrogen and oxygen atoms in total. The van der Waals surface area contributed by atoms with Crippen molar-refractivity contribution in [3.63, 3.8) is 0 Å². The molecule has 2 fully saturated rings. The Morgan fingerprint density at radius 3 is 2.51 bits per heavy atom. The molecule has 0 spiro atoms. The molecular weight excluding hydrogens is 632 g/mol. The zero-order valence-electron chi connectivity index (χ0n) is 30.9. The molecule has 0 amide bonds. The number of allylic oxidation sites excluding steroid dienone is 1. The Hall–Kier alpha value is -2.28. The fraction of sp³-hybridized carbons (Fsp3) is 0.789. The Labute approximate surface area is 294 Å². The third-order valence-corrected chi connectivity index (χ3v) is 9.02. The molecule has 3 aliphatic rings. The number of hydrogen-bond acceptors (Lipinski definition) is 11. The van der Waals surface area contributed by atoms with E-state index in [4.69, 9.17) is 33.2 Å². The third-order valence-electron chi connectivity index (χ3n) is 9.02. The normalized spacial score (nSPS) is 31.3. The molecule has 0 aliphatic carbocycles. The molecule has 0 saturated carbocycles. The van der Waals surface area contributed by atoms with Crippen LogP contribution in [0.15, 0.2) is 36.1 Å². The van der Waals surface area contributed by atoms with Crippen LogP contribution in [-0.4, -0.2) is 92.2 Å². The maximum atomic E-state index is 13.2. The molecule has 4 bridgehead atoms. The van der Waals surface area contributed by atoms with Crippen molar-refractivity contribution in [1.29, 1.82) is 0 Å². The molecule has 6 atom stereocenters. The molecule has 0 aromatic rings. The van der Waals surface area contributed by atoms with E-state index in [-0.39, 0.29) is 32.0 Å². The highest BCUT2D eigenvalue weighted by Gasteiger charge is 2.57. The number of ether oxygens (including phenoxy) is 7. The molecule has 0 radical (unpaired) electrons. The fourth-order valence-corrected chi connectivity index (χ4v) is 6.12. The molecule has 2 N–H and O–H groups in total. The van der Waals surface area contributed by atoms with E-state index in [9.17, 15) is 19.8 Å². The van der Waals surface area contributed by atoms with Crippen molar-refractivity contribution < 1.29 is 53.0 Å². The molecule has 282 valence electrons. The number of rotatable bonds is 9. The summed E-state index contributed by atoms with van der Waals surface area (Å²) in [6, 6.07) is 0. The van der Waals surface area contributed by atoms with Crippen molar-refractivity contribution in [2.75, 3.05) is 33.5 Å². The standard InChI is InChI=1S/C36H58O11.C2H6/c1-6-7-8-9-10-14-31(38)46-34-27(23-32(39)41-5)22-29-24-30(25-37)44-26(2)13-11-12-19-42-20-16-28-17-21-43-33(45-28)15-18-35(3,4)36(34,40)47-29;1-2/h15,18,23,28-30,33-34,37,40H,2,6-14,16-17,19-22,24-25H2,1,3-5H3;1-2H3/b18-15+,27-23+;/t28-,29+,30-,33+,34+,36-;/m1./s1. The average Bonchev–Trinajstić information content (AvgIpc) is 3.08. The minimum absolute atomic E-state index is 0.0466. The second kappa shape index (κ2) is 22.5. The first-order chi connectivity index (χ1) is 23.5. The van der Waals surface area contributed by atoms with Gasteiger partial charge >= 0.3 is 11.9 Å². The molecule has 0 unspecified atom stereocenters. The van der Waals surface area contributed by atoms with E-state index in [0.29, 0.717) is 44.0 Å². The lowest BCUT2D eigenvalue weighted by atomic mass is 9.74. The van der Waals surface area contributed by atoms with Crippen molar-refractivity contribution in [3.8, 4) is 0 Å². The number of fused-ring (bicyclic) bond motifs is 4. The van der Waals surface area contributed by atoms with E-state index < -0.39 is 47.7 Å². The van der Waals surface area contributed by atoms with Gasteiger partial charge in [0.15, 0.2) is 12.4 Å². The Bertz CT molecular complexity index is 1050. The van der Waals surface area contributed by atoms with Crippen LogP contribution < -0.4 is 0 Å². The van der Waals surface area contributed by atoms with Gasteiger partial charge < -0.3 is 43.4 Å². The van der Waals surface area contributed by atoms with Crippen molar-refractivity contribution in [2.24, 2.45) is 5.41 Å². The molecule has 3 heterocycles. The van der Waals surface area contributed by atoms with E-state index in [2.05, 4.69) is 13.5 Å². The van der Waals surface area contributed by atoms with Crippen LogP contribution in [0.5, 0.6) is 0 Å². The number of unbranched alkanes of at least 4 members (excludes halogenated alkanes) is 4. The van der Waals surface area contributed by atoms with Gasteiger partial charge in [-0.15, -0.1) is 0 Å². The van der Waals surface area contributed by atoms with Gasteiger partial charge in [-0.3, -0.25) is 4.79 Å². The second-order valence-corrected chi connectivity index (χ2v) is 13.3. The van der Waals surface area contributed by atoms with Gasteiger partial charge in [-0.2, -0.15) is 0 Å². The highest BCUT2D eigenvalue weighted by Crippen LogP contribution is 2.47. The van der Waals surface area contributed by atoms with Crippen LogP contribution in [0.3, 0.4) is 0 Å². The summed E-state index contributed by atoms with van der Waals surface area (Å²) in [7, 11) is 1.26. The van der Waals surface area contributed by atoms with Crippen LogP contribution in [0.2, 0.25) is 0 Å². The number of esters is 2. The maximum Gasteiger partial charge on any atom is 0.330 e. The third kappa shape index (κ3) is 14.1. The summed E-state index contributed by atoms with van der Waals surface area (Å²) in [4.78, 5) is 25.8. The zero-order chi connectivity index (χ0) is 36.3. The molecule has 0 aromatic heterocycles. The van der Waals surface area contributed by atoms with Crippen molar-refractivity contribution >= 4 is 11.9 Å². The van der Waals surface area contributed by atoms with Gasteiger partial charge in [0.05, 0.1) is 38.3 Å². The van der Waals surface area contributed by atoms with E-state index in [0.717, 1.165) is 51.4 Å². The van der Waals surface area contributed by atoms with Gasteiger partial charge in [-0.05, 0) is 50.2 Å². The van der Waals surface area contributed by atoms with Gasteiger partial charge in [0.25, 0.3) is 0 Å². The van der Waals surface area contributed by atoms with E-state index in [1.807, 2.05) is 13.8 Å². The van der Waals surface area contributed by atoms with Gasteiger partial charge in [0.1, 0.15) is 6.10 Å². The van der Waals surface area contributed by atoms with Gasteiger partial charge in [0, 0.05) is 44.0 Å². The molecule has 2 saturated heterocycles. The van der Waals surface area contributed by atoms with Gasteiger partial charge in [0.2, 0.25) is 5.79 Å². The van der Waals surface area contributed by atoms with Gasteiger partial charge in [-0.25, -0.2) is 4.79 Å².